The molecule has 0 fully saturated rings. The number of azo groups is 1. The summed E-state index contributed by atoms with van der Waals surface area (Å²) in [6.07, 6.45) is 5.39. The number of nitrogens with zero attached hydrogens (tertiary/aromatic N) is 5. The van der Waals surface area contributed by atoms with Crippen LogP contribution in [0.3, 0.4) is 0 Å². The maximum Gasteiger partial charge on any atom is 0.171 e. The number of pyridine rings is 1. The zero-order valence-electron chi connectivity index (χ0n) is 17.6. The fraction of sp³-hybridized carbons (Fsp3) is 0.500. The van der Waals surface area contributed by atoms with E-state index in [1.54, 1.807) is 0 Å². The maximum absolute atomic E-state index is 4.35. The molecule has 1 aromatic heterocycles. The number of hydrogen-bond acceptors (Lipinski definition) is 3. The molecule has 27 heavy (non-hydrogen) atoms. The van der Waals surface area contributed by atoms with Gasteiger partial charge in [-0.05, 0) is 45.0 Å². The van der Waals surface area contributed by atoms with Crippen LogP contribution in [-0.2, 0) is 6.54 Å². The van der Waals surface area contributed by atoms with Gasteiger partial charge in [-0.1, -0.05) is 0 Å². The molecule has 0 N–H and O–H groups in total. The van der Waals surface area contributed by atoms with Gasteiger partial charge >= 0.3 is 0 Å². The van der Waals surface area contributed by atoms with E-state index in [0.29, 0.717) is 0 Å². The summed E-state index contributed by atoms with van der Waals surface area (Å²) in [6, 6.07) is 12.1. The monoisotopic (exact) mass is 369 g/mol. The van der Waals surface area contributed by atoms with Gasteiger partial charge in [-0.3, -0.25) is 0 Å². The van der Waals surface area contributed by atoms with Gasteiger partial charge in [-0.25, -0.2) is 4.57 Å². The van der Waals surface area contributed by atoms with Gasteiger partial charge in [0.1, 0.15) is 0 Å². The summed E-state index contributed by atoms with van der Waals surface area (Å²) in [5, 5.41) is 8.68. The fourth-order valence-corrected chi connectivity index (χ4v) is 3.33. The van der Waals surface area contributed by atoms with Gasteiger partial charge in [0.25, 0.3) is 0 Å². The van der Waals surface area contributed by atoms with Gasteiger partial charge in [0, 0.05) is 31.9 Å². The minimum absolute atomic E-state index is 0.866. The largest absolute Gasteiger partial charge is 0.378 e. The van der Waals surface area contributed by atoms with Gasteiger partial charge in [0.05, 0.1) is 44.0 Å². The van der Waals surface area contributed by atoms with E-state index in [2.05, 4.69) is 65.0 Å². The van der Waals surface area contributed by atoms with Crippen LogP contribution in [-0.4, -0.2) is 44.8 Å². The van der Waals surface area contributed by atoms with Crippen LogP contribution in [0.5, 0.6) is 0 Å². The maximum atomic E-state index is 4.35. The van der Waals surface area contributed by atoms with Gasteiger partial charge < -0.3 is 9.38 Å². The van der Waals surface area contributed by atoms with Crippen LogP contribution in [0.25, 0.3) is 0 Å². The van der Waals surface area contributed by atoms with Gasteiger partial charge in [0.15, 0.2) is 18.9 Å². The third kappa shape index (κ3) is 6.14. The predicted octanol–water partition coefficient (Wildman–Crippen LogP) is 4.72. The second-order valence-electron chi connectivity index (χ2n) is 7.27. The second kappa shape index (κ2) is 10.2. The highest BCUT2D eigenvalue weighted by Crippen LogP contribution is 2.20. The SMILES string of the molecule is CC[N+](CC)(CC)CCC[n+]1ccc(/N=N/c2ccc(N(C)C)cc2)cc1. The average molecular weight is 370 g/mol. The van der Waals surface area contributed by atoms with Crippen molar-refractivity contribution in [2.24, 2.45) is 10.2 Å². The van der Waals surface area contributed by atoms with Crippen molar-refractivity contribution in [3.8, 4) is 0 Å². The van der Waals surface area contributed by atoms with E-state index in [-0.39, 0.29) is 0 Å². The van der Waals surface area contributed by atoms with Crippen molar-refractivity contribution in [3.05, 3.63) is 48.8 Å². The molecular formula is C22H35N5+2. The molecule has 0 aliphatic rings. The van der Waals surface area contributed by atoms with Crippen LogP contribution in [0.1, 0.15) is 27.2 Å². The van der Waals surface area contributed by atoms with Crippen LogP contribution in [0.4, 0.5) is 17.1 Å². The molecule has 0 spiro atoms. The van der Waals surface area contributed by atoms with Gasteiger partial charge in [0.2, 0.25) is 0 Å². The number of anilines is 1. The number of aromatic nitrogens is 1. The molecule has 0 saturated carbocycles. The van der Waals surface area contributed by atoms with E-state index in [4.69, 9.17) is 0 Å². The van der Waals surface area contributed by atoms with E-state index < -0.39 is 0 Å². The summed E-state index contributed by atoms with van der Waals surface area (Å²) in [5.41, 5.74) is 2.90. The molecule has 0 bridgehead atoms. The Balaban J connectivity index is 1.89. The van der Waals surface area contributed by atoms with E-state index >= 15 is 0 Å². The Hall–Kier alpha value is -2.27. The van der Waals surface area contributed by atoms with Crippen LogP contribution in [0.15, 0.2) is 59.0 Å². The third-order valence-electron chi connectivity index (χ3n) is 5.58. The summed E-state index contributed by atoms with van der Waals surface area (Å²) in [5.74, 6) is 0. The second-order valence-corrected chi connectivity index (χ2v) is 7.27. The van der Waals surface area contributed by atoms with E-state index in [1.165, 1.54) is 37.1 Å². The Bertz CT molecular complexity index is 692. The number of aryl methyl sites for hydroxylation is 1. The number of benzene rings is 1. The first-order valence-electron chi connectivity index (χ1n) is 10.0. The Labute approximate surface area is 164 Å². The zero-order valence-corrected chi connectivity index (χ0v) is 17.6. The molecule has 0 aliphatic carbocycles. The van der Waals surface area contributed by atoms with Crippen molar-refractivity contribution in [1.29, 1.82) is 0 Å². The molecule has 2 rings (SSSR count). The molecule has 0 aliphatic heterocycles. The Kier molecular flexibility index (Phi) is 7.92. The van der Waals surface area contributed by atoms with Crippen LogP contribution in [0, 0.1) is 0 Å². The van der Waals surface area contributed by atoms with Gasteiger partial charge in [-0.2, -0.15) is 10.2 Å². The molecular weight excluding hydrogens is 334 g/mol. The highest BCUT2D eigenvalue weighted by atomic mass is 15.3. The molecule has 1 aromatic carbocycles. The first kappa shape index (κ1) is 21.0. The molecule has 0 atom stereocenters. The lowest BCUT2D eigenvalue weighted by Gasteiger charge is -2.35. The molecule has 0 saturated heterocycles. The summed E-state index contributed by atoms with van der Waals surface area (Å²) in [7, 11) is 4.06. The summed E-state index contributed by atoms with van der Waals surface area (Å²) in [6.45, 7) is 12.8. The number of hydrogen-bond donors (Lipinski definition) is 0. The fourth-order valence-electron chi connectivity index (χ4n) is 3.33. The predicted molar refractivity (Wildman–Crippen MR) is 113 cm³/mol. The topological polar surface area (TPSA) is 31.8 Å². The Morgan fingerprint density at radius 1 is 0.815 bits per heavy atom. The van der Waals surface area contributed by atoms with Crippen molar-refractivity contribution in [1.82, 2.24) is 0 Å². The lowest BCUT2D eigenvalue weighted by molar-refractivity contribution is -0.925. The number of quaternary nitrogens is 1. The summed E-state index contributed by atoms with van der Waals surface area (Å²) >= 11 is 0. The molecule has 0 unspecified atom stereocenters. The molecule has 5 nitrogen and oxygen atoms in total. The molecule has 2 aromatic rings. The highest BCUT2D eigenvalue weighted by Gasteiger charge is 2.20. The zero-order chi connectivity index (χ0) is 19.7. The third-order valence-corrected chi connectivity index (χ3v) is 5.58. The lowest BCUT2D eigenvalue weighted by Crippen LogP contribution is -2.49. The molecule has 0 radical (unpaired) electrons. The molecule has 5 heteroatoms. The van der Waals surface area contributed by atoms with Crippen molar-refractivity contribution < 1.29 is 9.05 Å². The van der Waals surface area contributed by atoms with E-state index in [1.807, 2.05) is 38.4 Å². The normalized spacial score (nSPS) is 11.9. The van der Waals surface area contributed by atoms with Crippen molar-refractivity contribution >= 4 is 17.1 Å². The van der Waals surface area contributed by atoms with Crippen molar-refractivity contribution in [2.45, 2.75) is 33.7 Å². The minimum atomic E-state index is 0.866. The highest BCUT2D eigenvalue weighted by molar-refractivity contribution is 5.51. The molecule has 0 amide bonds. The minimum Gasteiger partial charge on any atom is -0.378 e. The molecule has 1 heterocycles. The smallest absolute Gasteiger partial charge is 0.171 e. The number of rotatable bonds is 10. The first-order valence-corrected chi connectivity index (χ1v) is 10.0. The van der Waals surface area contributed by atoms with E-state index in [9.17, 15) is 0 Å². The Morgan fingerprint density at radius 2 is 1.33 bits per heavy atom. The first-order chi connectivity index (χ1) is 13.0. The van der Waals surface area contributed by atoms with Crippen LogP contribution < -0.4 is 9.47 Å². The average Bonchev–Trinajstić information content (AvgIpc) is 2.71. The standard InChI is InChI=1S/C22H35N5/c1-6-27(7-2,8-3)19-9-16-26-17-14-21(15-18-26)24-23-20-10-12-22(13-11-20)25(4)5/h10-15,17-18H,6-9,16,19H2,1-5H3/q+2. The van der Waals surface area contributed by atoms with Gasteiger partial charge in [-0.15, -0.1) is 0 Å². The van der Waals surface area contributed by atoms with Crippen LogP contribution >= 0.6 is 0 Å². The van der Waals surface area contributed by atoms with Crippen molar-refractivity contribution in [3.63, 3.8) is 0 Å². The van der Waals surface area contributed by atoms with Crippen LogP contribution in [0.2, 0.25) is 0 Å². The summed E-state index contributed by atoms with van der Waals surface area (Å²) in [4.78, 5) is 2.07. The quantitative estimate of drug-likeness (QED) is 0.339. The van der Waals surface area contributed by atoms with Crippen molar-refractivity contribution in [2.75, 3.05) is 45.2 Å². The summed E-state index contributed by atoms with van der Waals surface area (Å²) < 4.78 is 3.44. The van der Waals surface area contributed by atoms with E-state index in [0.717, 1.165) is 23.6 Å². The lowest BCUT2D eigenvalue weighted by atomic mass is 10.2. The Morgan fingerprint density at radius 3 is 1.81 bits per heavy atom. The molecule has 146 valence electrons.